The van der Waals surface area contributed by atoms with Gasteiger partial charge in [-0.15, -0.1) is 0 Å². The normalized spacial score (nSPS) is 16.2. The minimum atomic E-state index is -0.396. The lowest BCUT2D eigenvalue weighted by molar-refractivity contribution is 1.09. The van der Waals surface area contributed by atoms with Crippen LogP contribution in [0.4, 0.5) is 0 Å². The van der Waals surface area contributed by atoms with Crippen LogP contribution < -0.4 is 16.4 Å². The number of aromatic nitrogens is 3. The third-order valence-electron chi connectivity index (χ3n) is 7.37. The van der Waals surface area contributed by atoms with Gasteiger partial charge in [-0.05, 0) is 66.4 Å². The second-order valence-electron chi connectivity index (χ2n) is 9.55. The van der Waals surface area contributed by atoms with Gasteiger partial charge in [0.15, 0.2) is 0 Å². The van der Waals surface area contributed by atoms with Crippen molar-refractivity contribution in [3.05, 3.63) is 109 Å². The number of hydrogen-bond donors (Lipinski definition) is 0. The molecule has 0 unspecified atom stereocenters. The first-order chi connectivity index (χ1) is 21.7. The van der Waals surface area contributed by atoms with Crippen molar-refractivity contribution in [3.8, 4) is 5.69 Å². The van der Waals surface area contributed by atoms with Crippen LogP contribution in [0.1, 0.15) is 15.2 Å². The lowest BCUT2D eigenvalue weighted by atomic mass is 9.36. The lowest BCUT2D eigenvalue weighted by Gasteiger charge is -2.33. The summed E-state index contributed by atoms with van der Waals surface area (Å²) in [4.78, 5) is 9.26. The monoisotopic (exact) mass is 528 g/mol. The van der Waals surface area contributed by atoms with Gasteiger partial charge in [-0.1, -0.05) is 89.0 Å². The van der Waals surface area contributed by atoms with Crippen LogP contribution in [0, 0.1) is 6.92 Å². The van der Waals surface area contributed by atoms with E-state index >= 15 is 0 Å². The second-order valence-corrected chi connectivity index (χ2v) is 11.7. The molecule has 0 fully saturated rings. The maximum absolute atomic E-state index is 9.01. The molecule has 7 aromatic rings. The van der Waals surface area contributed by atoms with E-state index in [1.165, 1.54) is 16.4 Å². The van der Waals surface area contributed by atoms with E-state index in [0.29, 0.717) is 11.3 Å². The standard InChI is InChI=1S/C32H20BN3S2/c1-19-14-15-24-23(16-19)34-32-35(25-10-4-5-11-26(25)36(24)32)20-17-29-31-30(18-20)38-28-13-7-3-9-22(28)33(31)21-8-2-6-12-27(21)37-29/h2-18H,1H3/i4D,5D,10D,11D,14D,15D,16D. The first-order valence-corrected chi connectivity index (χ1v) is 13.9. The Hall–Kier alpha value is -3.87. The van der Waals surface area contributed by atoms with Crippen LogP contribution in [0.15, 0.2) is 123 Å². The van der Waals surface area contributed by atoms with Crippen LogP contribution in [0.2, 0.25) is 0 Å². The van der Waals surface area contributed by atoms with Gasteiger partial charge in [-0.25, -0.2) is 4.98 Å². The molecule has 5 aromatic carbocycles. The molecule has 0 aliphatic carbocycles. The van der Waals surface area contributed by atoms with Crippen molar-refractivity contribution in [1.29, 1.82) is 0 Å². The molecular formula is C32H20BN3S2. The van der Waals surface area contributed by atoms with Gasteiger partial charge in [0, 0.05) is 19.6 Å². The van der Waals surface area contributed by atoms with Gasteiger partial charge in [0.05, 0.1) is 37.3 Å². The van der Waals surface area contributed by atoms with Gasteiger partial charge in [0.2, 0.25) is 12.5 Å². The van der Waals surface area contributed by atoms with E-state index in [2.05, 4.69) is 48.5 Å². The van der Waals surface area contributed by atoms with Crippen molar-refractivity contribution in [1.82, 2.24) is 14.0 Å². The molecule has 0 amide bonds. The number of imidazole rings is 2. The fourth-order valence-electron chi connectivity index (χ4n) is 5.81. The first kappa shape index (κ1) is 15.5. The van der Waals surface area contributed by atoms with E-state index in [0.717, 1.165) is 19.6 Å². The Balaban J connectivity index is 1.44. The number of para-hydroxylation sites is 2. The smallest absolute Gasteiger partial charge is 0.247 e. The maximum Gasteiger partial charge on any atom is 0.247 e. The molecule has 0 radical (unpaired) electrons. The van der Waals surface area contributed by atoms with E-state index in [1.807, 2.05) is 12.1 Å². The fourth-order valence-corrected chi connectivity index (χ4v) is 8.29. The lowest BCUT2D eigenvalue weighted by Crippen LogP contribution is -2.58. The summed E-state index contributed by atoms with van der Waals surface area (Å²) in [5.41, 5.74) is 5.53. The molecule has 38 heavy (non-hydrogen) atoms. The molecule has 2 aromatic heterocycles. The van der Waals surface area contributed by atoms with E-state index in [1.54, 1.807) is 39.4 Å². The average Bonchev–Trinajstić information content (AvgIpc) is 3.59. The van der Waals surface area contributed by atoms with E-state index in [4.69, 9.17) is 14.6 Å². The molecule has 0 spiro atoms. The molecule has 0 bridgehead atoms. The molecule has 9 rings (SSSR count). The Morgan fingerprint density at radius 2 is 1.42 bits per heavy atom. The fraction of sp³-hybridized carbons (Fsp3) is 0.0312. The number of hydrogen-bond acceptors (Lipinski definition) is 3. The molecule has 0 N–H and O–H groups in total. The van der Waals surface area contributed by atoms with Gasteiger partial charge >= 0.3 is 0 Å². The highest BCUT2D eigenvalue weighted by Gasteiger charge is 2.38. The van der Waals surface area contributed by atoms with Crippen LogP contribution in [-0.4, -0.2) is 20.7 Å². The van der Waals surface area contributed by atoms with Crippen LogP contribution in [0.5, 0.6) is 0 Å². The highest BCUT2D eigenvalue weighted by Crippen LogP contribution is 2.41. The zero-order valence-electron chi connectivity index (χ0n) is 27.0. The largest absolute Gasteiger partial charge is 0.278 e. The molecule has 2 aliphatic rings. The molecule has 0 saturated carbocycles. The van der Waals surface area contributed by atoms with Crippen molar-refractivity contribution in [2.75, 3.05) is 0 Å². The minimum absolute atomic E-state index is 0.0259. The Labute approximate surface area is 238 Å². The summed E-state index contributed by atoms with van der Waals surface area (Å²) < 4.78 is 64.4. The number of rotatable bonds is 1. The predicted molar refractivity (Wildman–Crippen MR) is 160 cm³/mol. The average molecular weight is 529 g/mol. The summed E-state index contributed by atoms with van der Waals surface area (Å²) in [5, 5.41) is 0. The van der Waals surface area contributed by atoms with E-state index < -0.39 is 6.04 Å². The summed E-state index contributed by atoms with van der Waals surface area (Å²) in [6.45, 7) is 1.68. The number of nitrogens with zero attached hydrogens (tertiary/aromatic N) is 3. The summed E-state index contributed by atoms with van der Waals surface area (Å²) in [6.07, 6.45) is 0. The summed E-state index contributed by atoms with van der Waals surface area (Å²) in [5.74, 6) is 0.269. The summed E-state index contributed by atoms with van der Waals surface area (Å²) >= 11 is 3.37. The topological polar surface area (TPSA) is 22.2 Å². The molecule has 178 valence electrons. The van der Waals surface area contributed by atoms with Crippen LogP contribution >= 0.6 is 23.5 Å². The quantitative estimate of drug-likeness (QED) is 0.238. The van der Waals surface area contributed by atoms with Gasteiger partial charge in [-0.2, -0.15) is 0 Å². The Morgan fingerprint density at radius 3 is 2.13 bits per heavy atom. The molecule has 6 heteroatoms. The molecule has 0 atom stereocenters. The Bertz CT molecular complexity index is 2440. The zero-order valence-corrected chi connectivity index (χ0v) is 21.6. The van der Waals surface area contributed by atoms with Gasteiger partial charge in [-0.3, -0.25) is 8.97 Å². The highest BCUT2D eigenvalue weighted by molar-refractivity contribution is 8.01. The van der Waals surface area contributed by atoms with Crippen molar-refractivity contribution in [2.45, 2.75) is 26.5 Å². The SMILES string of the molecule is [2H]c1c([2H])c([2H])c2c(c1[2H])n(-c1cc3c4c(c1)Sc1ccccc1B4c1ccccc1S3)c1nc3c([2H])c(C)c([2H])c([2H])c3n21. The van der Waals surface area contributed by atoms with E-state index in [9.17, 15) is 0 Å². The predicted octanol–water partition coefficient (Wildman–Crippen LogP) is 6.19. The number of benzene rings is 5. The minimum Gasteiger partial charge on any atom is -0.278 e. The molecule has 3 nitrogen and oxygen atoms in total. The van der Waals surface area contributed by atoms with Crippen LogP contribution in [0.3, 0.4) is 0 Å². The third kappa shape index (κ3) is 2.77. The van der Waals surface area contributed by atoms with Gasteiger partial charge < -0.3 is 0 Å². The van der Waals surface area contributed by atoms with Crippen molar-refractivity contribution in [2.24, 2.45) is 0 Å². The van der Waals surface area contributed by atoms with Crippen molar-refractivity contribution < 1.29 is 9.60 Å². The number of fused-ring (bicyclic) bond motifs is 9. The zero-order chi connectivity index (χ0) is 31.0. The third-order valence-corrected chi connectivity index (χ3v) is 9.66. The molecule has 4 heterocycles. The van der Waals surface area contributed by atoms with Gasteiger partial charge in [0.25, 0.3) is 0 Å². The first-order valence-electron chi connectivity index (χ1n) is 15.8. The van der Waals surface area contributed by atoms with E-state index in [-0.39, 0.29) is 70.8 Å². The van der Waals surface area contributed by atoms with Gasteiger partial charge in [0.1, 0.15) is 0 Å². The highest BCUT2D eigenvalue weighted by atomic mass is 32.2. The Kier molecular flexibility index (Phi) is 3.10. The Morgan fingerprint density at radius 1 is 0.763 bits per heavy atom. The van der Waals surface area contributed by atoms with Crippen LogP contribution in [-0.2, 0) is 0 Å². The van der Waals surface area contributed by atoms with Crippen molar-refractivity contribution in [3.63, 3.8) is 0 Å². The second kappa shape index (κ2) is 7.59. The molecule has 2 aliphatic heterocycles. The maximum atomic E-state index is 9.01. The summed E-state index contributed by atoms with van der Waals surface area (Å²) in [7, 11) is 0. The summed E-state index contributed by atoms with van der Waals surface area (Å²) in [6, 6.07) is 19.5. The van der Waals surface area contributed by atoms with Crippen LogP contribution in [0.25, 0.3) is 33.5 Å². The molecular weight excluding hydrogens is 501 g/mol. The molecule has 0 saturated heterocycles. The van der Waals surface area contributed by atoms with Crippen molar-refractivity contribution >= 4 is 74.5 Å².